The molecule has 1 radical (unpaired) electrons. The molecular weight excluding hydrogens is 118 g/mol. The Labute approximate surface area is 52.1 Å². The second-order valence-corrected chi connectivity index (χ2v) is 1.64. The maximum Gasteiger partial charge on any atom is 0.245 e. The number of carbonyl (C=O) groups excluding carboxylic acids is 1. The average Bonchev–Trinajstić information content (AvgIpc) is 2.15. The Hall–Kier alpha value is -1.32. The fraction of sp³-hybridized carbons (Fsp3) is 0.200. The highest BCUT2D eigenvalue weighted by Crippen LogP contribution is 1.87. The molecule has 1 heterocycles. The van der Waals surface area contributed by atoms with E-state index in [9.17, 15) is 4.79 Å². The first-order valence-electron chi connectivity index (χ1n) is 2.52. The van der Waals surface area contributed by atoms with Crippen molar-refractivity contribution in [3.63, 3.8) is 0 Å². The van der Waals surface area contributed by atoms with Gasteiger partial charge >= 0.3 is 0 Å². The number of imidazole rings is 1. The van der Waals surface area contributed by atoms with Crippen molar-refractivity contribution in [3.8, 4) is 0 Å². The van der Waals surface area contributed by atoms with E-state index in [2.05, 4.69) is 9.97 Å². The van der Waals surface area contributed by atoms with E-state index < -0.39 is 5.91 Å². The predicted molar refractivity (Wildman–Crippen MR) is 30.4 cm³/mol. The van der Waals surface area contributed by atoms with Crippen LogP contribution in [0.2, 0.25) is 0 Å². The minimum atomic E-state index is -0.620. The van der Waals surface area contributed by atoms with Crippen molar-refractivity contribution in [2.75, 3.05) is 0 Å². The van der Waals surface area contributed by atoms with Gasteiger partial charge in [0.05, 0.1) is 6.42 Å². The lowest BCUT2D eigenvalue weighted by Gasteiger charge is -1.85. The van der Waals surface area contributed by atoms with Gasteiger partial charge in [-0.3, -0.25) is 10.5 Å². The van der Waals surface area contributed by atoms with Gasteiger partial charge in [0.25, 0.3) is 0 Å². The highest BCUT2D eigenvalue weighted by molar-refractivity contribution is 5.74. The van der Waals surface area contributed by atoms with Crippen LogP contribution >= 0.6 is 0 Å². The minimum absolute atomic E-state index is 0.0764. The van der Waals surface area contributed by atoms with Crippen LogP contribution in [-0.4, -0.2) is 15.9 Å². The maximum atomic E-state index is 10.1. The topological polar surface area (TPSA) is 69.6 Å². The van der Waals surface area contributed by atoms with Crippen molar-refractivity contribution in [3.05, 3.63) is 18.2 Å². The molecular formula is C5H6N3O. The fourth-order valence-electron chi connectivity index (χ4n) is 0.547. The molecule has 1 rings (SSSR count). The smallest absolute Gasteiger partial charge is 0.245 e. The Morgan fingerprint density at radius 2 is 2.67 bits per heavy atom. The van der Waals surface area contributed by atoms with Crippen molar-refractivity contribution in [1.82, 2.24) is 15.7 Å². The van der Waals surface area contributed by atoms with Crippen LogP contribution in [0.3, 0.4) is 0 Å². The number of amides is 1. The molecule has 0 aliphatic heterocycles. The third-order valence-electron chi connectivity index (χ3n) is 0.883. The summed E-state index contributed by atoms with van der Waals surface area (Å²) in [5, 5.41) is 0. The molecule has 0 aliphatic carbocycles. The Morgan fingerprint density at radius 1 is 1.89 bits per heavy atom. The van der Waals surface area contributed by atoms with Crippen LogP contribution in [0.15, 0.2) is 12.4 Å². The zero-order valence-corrected chi connectivity index (χ0v) is 4.72. The van der Waals surface area contributed by atoms with Crippen LogP contribution in [0, 0.1) is 0 Å². The minimum Gasteiger partial charge on any atom is -0.348 e. The molecule has 0 saturated carbocycles. The van der Waals surface area contributed by atoms with Crippen LogP contribution in [0.5, 0.6) is 0 Å². The molecule has 0 unspecified atom stereocenters. The number of nitrogens with zero attached hydrogens (tertiary/aromatic N) is 1. The van der Waals surface area contributed by atoms with E-state index >= 15 is 0 Å². The highest BCUT2D eigenvalue weighted by Gasteiger charge is 1.98. The maximum absolute atomic E-state index is 10.1. The first kappa shape index (κ1) is 5.81. The number of nitrogens with one attached hydrogen (secondary N) is 2. The van der Waals surface area contributed by atoms with Gasteiger partial charge in [-0.25, -0.2) is 4.98 Å². The standard InChI is InChI=1S/C5H6N3O/c6-4(9)3-5-7-1-2-8-5/h1-2,6H,3H2,(H,7,8). The third kappa shape index (κ3) is 1.56. The number of hydrogen-bond acceptors (Lipinski definition) is 2. The lowest BCUT2D eigenvalue weighted by molar-refractivity contribution is -0.118. The van der Waals surface area contributed by atoms with Gasteiger partial charge in [-0.2, -0.15) is 0 Å². The van der Waals surface area contributed by atoms with Crippen molar-refractivity contribution >= 4 is 5.91 Å². The molecule has 0 fully saturated rings. The molecule has 2 N–H and O–H groups in total. The molecule has 47 valence electrons. The summed E-state index contributed by atoms with van der Waals surface area (Å²) in [6.45, 7) is 0. The van der Waals surface area contributed by atoms with Crippen LogP contribution in [-0.2, 0) is 11.2 Å². The number of H-pyrrole nitrogens is 1. The summed E-state index contributed by atoms with van der Waals surface area (Å²) >= 11 is 0. The SMILES string of the molecule is [NH]C(=O)Cc1ncc[nH]1. The van der Waals surface area contributed by atoms with Gasteiger partial charge in [0.15, 0.2) is 0 Å². The Morgan fingerprint density at radius 3 is 3.11 bits per heavy atom. The molecule has 0 saturated heterocycles. The molecule has 0 bridgehead atoms. The summed E-state index contributed by atoms with van der Waals surface area (Å²) in [5.41, 5.74) is 6.56. The summed E-state index contributed by atoms with van der Waals surface area (Å²) in [7, 11) is 0. The Kier molecular flexibility index (Phi) is 1.48. The molecule has 4 nitrogen and oxygen atoms in total. The van der Waals surface area contributed by atoms with Crippen LogP contribution in [0.4, 0.5) is 0 Å². The molecule has 0 spiro atoms. The second kappa shape index (κ2) is 2.30. The largest absolute Gasteiger partial charge is 0.348 e. The van der Waals surface area contributed by atoms with Crippen LogP contribution in [0.25, 0.3) is 0 Å². The molecule has 1 aromatic heterocycles. The number of hydrogen-bond donors (Lipinski definition) is 1. The van der Waals surface area contributed by atoms with E-state index in [1.807, 2.05) is 0 Å². The van der Waals surface area contributed by atoms with Gasteiger partial charge in [-0.15, -0.1) is 0 Å². The monoisotopic (exact) mass is 124 g/mol. The third-order valence-corrected chi connectivity index (χ3v) is 0.883. The molecule has 0 atom stereocenters. The van der Waals surface area contributed by atoms with Crippen molar-refractivity contribution < 1.29 is 4.79 Å². The van der Waals surface area contributed by atoms with Gasteiger partial charge < -0.3 is 4.98 Å². The molecule has 9 heavy (non-hydrogen) atoms. The van der Waals surface area contributed by atoms with Crippen molar-refractivity contribution in [2.45, 2.75) is 6.42 Å². The Bertz CT molecular complexity index is 192. The Balaban J connectivity index is 2.58. The van der Waals surface area contributed by atoms with E-state index in [4.69, 9.17) is 5.73 Å². The first-order valence-corrected chi connectivity index (χ1v) is 2.52. The van der Waals surface area contributed by atoms with Gasteiger partial charge in [0.2, 0.25) is 5.91 Å². The van der Waals surface area contributed by atoms with Crippen LogP contribution < -0.4 is 5.73 Å². The van der Waals surface area contributed by atoms with Crippen molar-refractivity contribution in [1.29, 1.82) is 0 Å². The van der Waals surface area contributed by atoms with Gasteiger partial charge in [-0.1, -0.05) is 0 Å². The quantitative estimate of drug-likeness (QED) is 0.591. The lowest BCUT2D eigenvalue weighted by Crippen LogP contribution is -2.03. The van der Waals surface area contributed by atoms with Gasteiger partial charge in [-0.05, 0) is 0 Å². The van der Waals surface area contributed by atoms with E-state index in [0.29, 0.717) is 5.82 Å². The predicted octanol–water partition coefficient (Wildman–Crippen LogP) is -0.238. The molecule has 1 aromatic rings. The highest BCUT2D eigenvalue weighted by atomic mass is 16.1. The molecule has 0 aliphatic rings. The van der Waals surface area contributed by atoms with E-state index in [1.165, 1.54) is 0 Å². The van der Waals surface area contributed by atoms with Gasteiger partial charge in [0, 0.05) is 12.4 Å². The first-order chi connectivity index (χ1) is 4.29. The van der Waals surface area contributed by atoms with Crippen LogP contribution in [0.1, 0.15) is 5.82 Å². The van der Waals surface area contributed by atoms with E-state index in [-0.39, 0.29) is 6.42 Å². The molecule has 0 aromatic carbocycles. The van der Waals surface area contributed by atoms with E-state index in [1.54, 1.807) is 12.4 Å². The average molecular weight is 124 g/mol. The summed E-state index contributed by atoms with van der Waals surface area (Å²) in [6.07, 6.45) is 3.25. The fourth-order valence-corrected chi connectivity index (χ4v) is 0.547. The number of aromatic amines is 1. The second-order valence-electron chi connectivity index (χ2n) is 1.64. The summed E-state index contributed by atoms with van der Waals surface area (Å²) < 4.78 is 0. The lowest BCUT2D eigenvalue weighted by atomic mass is 10.4. The van der Waals surface area contributed by atoms with Gasteiger partial charge in [0.1, 0.15) is 5.82 Å². The molecule has 1 amide bonds. The zero-order chi connectivity index (χ0) is 6.69. The molecule has 4 heteroatoms. The zero-order valence-electron chi connectivity index (χ0n) is 4.72. The number of rotatable bonds is 2. The normalized spacial score (nSPS) is 9.33. The number of carbonyl (C=O) groups is 1. The van der Waals surface area contributed by atoms with Crippen molar-refractivity contribution in [2.24, 2.45) is 0 Å². The summed E-state index contributed by atoms with van der Waals surface area (Å²) in [4.78, 5) is 16.6. The van der Waals surface area contributed by atoms with E-state index in [0.717, 1.165) is 0 Å². The summed E-state index contributed by atoms with van der Waals surface area (Å²) in [5.74, 6) is -0.0695. The summed E-state index contributed by atoms with van der Waals surface area (Å²) in [6, 6.07) is 0. The number of aromatic nitrogens is 2.